The van der Waals surface area contributed by atoms with Crippen LogP contribution in [-0.2, 0) is 0 Å². The summed E-state index contributed by atoms with van der Waals surface area (Å²) in [5.74, 6) is 3.60. The number of ether oxygens (including phenoxy) is 5. The van der Waals surface area contributed by atoms with Crippen molar-refractivity contribution in [2.45, 2.75) is 5.92 Å². The number of rotatable bonds is 7. The minimum absolute atomic E-state index is 0.254. The van der Waals surface area contributed by atoms with Crippen LogP contribution in [0.1, 0.15) is 22.6 Å². The predicted molar refractivity (Wildman–Crippen MR) is 153 cm³/mol. The van der Waals surface area contributed by atoms with Crippen molar-refractivity contribution >= 4 is 24.9 Å². The molecule has 0 aliphatic carbocycles. The Hall–Kier alpha value is -4.15. The summed E-state index contributed by atoms with van der Waals surface area (Å²) in [5.41, 5.74) is 6.23. The van der Waals surface area contributed by atoms with Crippen molar-refractivity contribution in [2.24, 2.45) is 0 Å². The molecule has 1 aliphatic heterocycles. The van der Waals surface area contributed by atoms with E-state index >= 15 is 0 Å². The average Bonchev–Trinajstić information content (AvgIpc) is 2.97. The number of hydrogen-bond donors (Lipinski definition) is 1. The van der Waals surface area contributed by atoms with E-state index in [2.05, 4.69) is 24.3 Å². The Balaban J connectivity index is 0.000000541. The SMILES string of the molecule is COc1ccc([NH+]2c3cccc(OC)c3C(c3c(OC)cccc3OC)c3c(OC)cccc32)cc1.F[P-](F)(F)(F)(F)F. The molecule has 0 atom stereocenters. The van der Waals surface area contributed by atoms with Gasteiger partial charge in [0.2, 0.25) is 0 Å². The van der Waals surface area contributed by atoms with Gasteiger partial charge in [-0.1, -0.05) is 18.2 Å². The summed E-state index contributed by atoms with van der Waals surface area (Å²) in [7, 11) is -2.21. The van der Waals surface area contributed by atoms with Gasteiger partial charge in [-0.3, -0.25) is 0 Å². The molecule has 0 bridgehead atoms. The molecule has 0 unspecified atom stereocenters. The van der Waals surface area contributed by atoms with Gasteiger partial charge in [-0.15, -0.1) is 0 Å². The van der Waals surface area contributed by atoms with E-state index in [0.29, 0.717) is 0 Å². The van der Waals surface area contributed by atoms with Crippen molar-refractivity contribution in [2.75, 3.05) is 35.5 Å². The van der Waals surface area contributed by atoms with E-state index in [-0.39, 0.29) is 5.92 Å². The summed E-state index contributed by atoms with van der Waals surface area (Å²) < 4.78 is 88.3. The van der Waals surface area contributed by atoms with Crippen molar-refractivity contribution in [1.29, 1.82) is 0 Å². The van der Waals surface area contributed by atoms with Gasteiger partial charge in [-0.2, -0.15) is 0 Å². The predicted octanol–water partition coefficient (Wildman–Crippen LogP) is 8.79. The topological polar surface area (TPSA) is 50.6 Å². The minimum atomic E-state index is -10.7. The van der Waals surface area contributed by atoms with E-state index in [1.54, 1.807) is 35.5 Å². The van der Waals surface area contributed by atoms with Crippen LogP contribution in [0, 0.1) is 0 Å². The van der Waals surface area contributed by atoms with Crippen LogP contribution in [0.5, 0.6) is 28.7 Å². The first kappa shape index (κ1) is 31.8. The molecular weight excluding hydrogens is 599 g/mol. The summed E-state index contributed by atoms with van der Waals surface area (Å²) in [6.07, 6.45) is 0. The third-order valence-corrected chi connectivity index (χ3v) is 6.82. The molecule has 43 heavy (non-hydrogen) atoms. The van der Waals surface area contributed by atoms with Crippen LogP contribution >= 0.6 is 7.81 Å². The molecule has 0 aromatic heterocycles. The van der Waals surface area contributed by atoms with E-state index in [1.165, 1.54) is 0 Å². The van der Waals surface area contributed by atoms with Crippen molar-refractivity contribution < 1.29 is 53.8 Å². The Morgan fingerprint density at radius 1 is 0.488 bits per heavy atom. The van der Waals surface area contributed by atoms with Gasteiger partial charge in [-0.25, -0.2) is 4.90 Å². The van der Waals surface area contributed by atoms with Crippen LogP contribution in [-0.4, -0.2) is 35.5 Å². The first-order valence-corrected chi connectivity index (χ1v) is 14.8. The fourth-order valence-corrected chi connectivity index (χ4v) is 5.29. The normalized spacial score (nSPS) is 17.1. The fraction of sp³-hybridized carbons (Fsp3) is 0.200. The van der Waals surface area contributed by atoms with Gasteiger partial charge in [0.25, 0.3) is 0 Å². The summed E-state index contributed by atoms with van der Waals surface area (Å²) in [5, 5.41) is 0. The first-order valence-electron chi connectivity index (χ1n) is 12.7. The molecule has 5 rings (SSSR count). The number of methoxy groups -OCH3 is 5. The van der Waals surface area contributed by atoms with Gasteiger partial charge in [-0.05, 0) is 36.4 Å². The molecule has 0 saturated carbocycles. The van der Waals surface area contributed by atoms with E-state index in [4.69, 9.17) is 23.7 Å². The van der Waals surface area contributed by atoms with Gasteiger partial charge in [0.15, 0.2) is 0 Å². The number of halogens is 6. The third kappa shape index (κ3) is 7.26. The summed E-state index contributed by atoms with van der Waals surface area (Å²) in [4.78, 5) is 1.10. The monoisotopic (exact) mass is 629 g/mol. The Kier molecular flexibility index (Phi) is 8.25. The molecule has 4 aromatic carbocycles. The van der Waals surface area contributed by atoms with Crippen LogP contribution in [0.25, 0.3) is 0 Å². The Morgan fingerprint density at radius 2 is 0.837 bits per heavy atom. The van der Waals surface area contributed by atoms with Gasteiger partial charge in [0, 0.05) is 29.8 Å². The molecule has 1 heterocycles. The number of nitrogens with one attached hydrogen (secondary N) is 1. The molecule has 232 valence electrons. The van der Waals surface area contributed by atoms with E-state index in [1.807, 2.05) is 54.6 Å². The average molecular weight is 630 g/mol. The molecule has 1 N–H and O–H groups in total. The maximum absolute atomic E-state index is 10.7. The first-order chi connectivity index (χ1) is 20.1. The van der Waals surface area contributed by atoms with Gasteiger partial charge in [0.1, 0.15) is 45.8 Å². The molecular formula is C30H30F6NO5P. The molecule has 0 saturated heterocycles. The van der Waals surface area contributed by atoms with E-state index < -0.39 is 7.81 Å². The van der Waals surface area contributed by atoms with Gasteiger partial charge in [0.05, 0.1) is 52.6 Å². The zero-order chi connectivity index (χ0) is 31.6. The third-order valence-electron chi connectivity index (χ3n) is 6.82. The zero-order valence-electron chi connectivity index (χ0n) is 23.8. The molecule has 0 amide bonds. The second-order valence-electron chi connectivity index (χ2n) is 9.41. The van der Waals surface area contributed by atoms with Crippen LogP contribution < -0.4 is 28.6 Å². The fourth-order valence-electron chi connectivity index (χ4n) is 5.29. The van der Waals surface area contributed by atoms with E-state index in [0.717, 1.165) is 67.4 Å². The van der Waals surface area contributed by atoms with Crippen molar-refractivity contribution in [1.82, 2.24) is 0 Å². The molecule has 1 aliphatic rings. The quantitative estimate of drug-likeness (QED) is 0.144. The van der Waals surface area contributed by atoms with Crippen molar-refractivity contribution in [3.8, 4) is 28.7 Å². The number of benzene rings is 4. The zero-order valence-corrected chi connectivity index (χ0v) is 24.7. The van der Waals surface area contributed by atoms with Crippen molar-refractivity contribution in [3.63, 3.8) is 0 Å². The molecule has 0 spiro atoms. The van der Waals surface area contributed by atoms with Gasteiger partial charge >= 0.3 is 33.0 Å². The summed E-state index contributed by atoms with van der Waals surface area (Å²) in [6, 6.07) is 26.4. The molecule has 13 heteroatoms. The Morgan fingerprint density at radius 3 is 1.19 bits per heavy atom. The second kappa shape index (κ2) is 11.2. The molecule has 0 fully saturated rings. The summed E-state index contributed by atoms with van der Waals surface area (Å²) in [6.45, 7) is 0. The molecule has 6 nitrogen and oxygen atoms in total. The molecule has 4 aromatic rings. The van der Waals surface area contributed by atoms with E-state index in [9.17, 15) is 25.2 Å². The summed E-state index contributed by atoms with van der Waals surface area (Å²) >= 11 is 0. The number of hydrogen-bond acceptors (Lipinski definition) is 5. The number of fused-ring (bicyclic) bond motifs is 2. The van der Waals surface area contributed by atoms with Crippen LogP contribution in [0.2, 0.25) is 0 Å². The second-order valence-corrected chi connectivity index (χ2v) is 11.3. The maximum atomic E-state index is 9.87. The van der Waals surface area contributed by atoms with Crippen LogP contribution in [0.3, 0.4) is 0 Å². The number of quaternary nitrogens is 1. The Labute approximate surface area is 244 Å². The van der Waals surface area contributed by atoms with Crippen LogP contribution in [0.4, 0.5) is 42.2 Å². The van der Waals surface area contributed by atoms with Gasteiger partial charge < -0.3 is 23.7 Å². The van der Waals surface area contributed by atoms with Crippen molar-refractivity contribution in [3.05, 3.63) is 95.6 Å². The Bertz CT molecular complexity index is 1530. The van der Waals surface area contributed by atoms with Crippen LogP contribution in [0.15, 0.2) is 78.9 Å². The molecule has 0 radical (unpaired) electrons. The standard InChI is InChI=1S/C30H29NO5.F6P/c1-32-20-17-15-19(16-18-20)31-21-9-6-11-23(33-2)27(21)30(28-22(31)10-7-12-24(28)34-3)29-25(35-4)13-8-14-26(29)36-5;1-7(2,3,4,5)6/h6-18,30H,1-5H3;/q;-1/p+1.